The topological polar surface area (TPSA) is 111 Å². The zero-order valence-corrected chi connectivity index (χ0v) is 62.2. The number of quaternary nitrogens is 1. The van der Waals surface area contributed by atoms with E-state index in [2.05, 4.69) is 74.7 Å². The Morgan fingerprint density at radius 2 is 0.670 bits per heavy atom. The fourth-order valence-corrected chi connectivity index (χ4v) is 12.6. The number of allylic oxidation sites excluding steroid dienone is 9. The molecule has 1 amide bonds. The van der Waals surface area contributed by atoms with Crippen molar-refractivity contribution in [3.05, 3.63) is 60.8 Å². The second-order valence-corrected chi connectivity index (χ2v) is 29.7. The minimum atomic E-state index is -4.46. The van der Waals surface area contributed by atoms with Gasteiger partial charge in [-0.25, -0.2) is 4.57 Å². The van der Waals surface area contributed by atoms with E-state index in [1.165, 1.54) is 283 Å². The lowest BCUT2D eigenvalue weighted by Gasteiger charge is -2.27. The number of carbonyl (C=O) groups excluding carboxylic acids is 2. The van der Waals surface area contributed by atoms with Crippen LogP contribution in [0.25, 0.3) is 0 Å². The summed E-state index contributed by atoms with van der Waals surface area (Å²) in [6.45, 7) is 7.04. The Hall–Kier alpha value is -2.29. The molecule has 91 heavy (non-hydrogen) atoms. The maximum atomic E-state index is 13.6. The van der Waals surface area contributed by atoms with Crippen molar-refractivity contribution < 1.29 is 37.3 Å². The first-order valence-corrected chi connectivity index (χ1v) is 41.1. The van der Waals surface area contributed by atoms with Gasteiger partial charge in [0.15, 0.2) is 0 Å². The maximum Gasteiger partial charge on any atom is 0.472 e. The van der Waals surface area contributed by atoms with E-state index in [4.69, 9.17) is 13.8 Å². The SMILES string of the molecule is CCCCC/C=C\C/C=C\C/C=C\C/C=C\CCCCCCCCCCCCCC(=O)NC(COP(=O)(O)OCC[N+](C)(C)C)C(/C=C/CCCCCCCCCCC)OC(=O)CCCCCCCCCCCCCCCCCCCCCCCCCCCCC. The number of rotatable bonds is 73. The van der Waals surface area contributed by atoms with Crippen LogP contribution in [0.1, 0.15) is 393 Å². The van der Waals surface area contributed by atoms with Gasteiger partial charge in [0, 0.05) is 12.8 Å². The first kappa shape index (κ1) is 88.7. The van der Waals surface area contributed by atoms with Gasteiger partial charge in [0.1, 0.15) is 19.3 Å². The third kappa shape index (κ3) is 71.8. The number of carbonyl (C=O) groups is 2. The van der Waals surface area contributed by atoms with Gasteiger partial charge in [0.25, 0.3) is 0 Å². The highest BCUT2D eigenvalue weighted by Crippen LogP contribution is 2.43. The fourth-order valence-electron chi connectivity index (χ4n) is 11.9. The lowest BCUT2D eigenvalue weighted by atomic mass is 10.0. The Kier molecular flexibility index (Phi) is 68.7. The van der Waals surface area contributed by atoms with Crippen molar-refractivity contribution >= 4 is 19.7 Å². The Morgan fingerprint density at radius 3 is 1.02 bits per heavy atom. The van der Waals surface area contributed by atoms with Gasteiger partial charge in [0.2, 0.25) is 5.91 Å². The number of likely N-dealkylation sites (N-methyl/N-ethyl adjacent to an activating group) is 1. The van der Waals surface area contributed by atoms with Crippen LogP contribution in [0.4, 0.5) is 0 Å². The van der Waals surface area contributed by atoms with Crippen LogP contribution < -0.4 is 5.32 Å². The molecule has 0 aromatic heterocycles. The average Bonchev–Trinajstić information content (AvgIpc) is 3.08. The molecule has 0 aromatic carbocycles. The van der Waals surface area contributed by atoms with E-state index in [0.29, 0.717) is 23.9 Å². The molecule has 9 nitrogen and oxygen atoms in total. The van der Waals surface area contributed by atoms with E-state index in [9.17, 15) is 19.0 Å². The van der Waals surface area contributed by atoms with Gasteiger partial charge in [-0.05, 0) is 76.7 Å². The van der Waals surface area contributed by atoms with Gasteiger partial charge in [-0.1, -0.05) is 364 Å². The van der Waals surface area contributed by atoms with E-state index in [1.54, 1.807) is 0 Å². The van der Waals surface area contributed by atoms with Gasteiger partial charge in [-0.15, -0.1) is 0 Å². The van der Waals surface area contributed by atoms with Crippen LogP contribution in [0, 0.1) is 0 Å². The van der Waals surface area contributed by atoms with Gasteiger partial charge in [-0.2, -0.15) is 0 Å². The fraction of sp³-hybridized carbons (Fsp3) is 0.852. The molecule has 3 unspecified atom stereocenters. The number of amides is 1. The Balaban J connectivity index is 4.87. The predicted octanol–water partition coefficient (Wildman–Crippen LogP) is 25.7. The summed E-state index contributed by atoms with van der Waals surface area (Å²) in [5.74, 6) is -0.491. The Labute approximate surface area is 566 Å². The molecule has 0 saturated carbocycles. The lowest BCUT2D eigenvalue weighted by molar-refractivity contribution is -0.870. The number of ether oxygens (including phenoxy) is 1. The van der Waals surface area contributed by atoms with Crippen LogP contribution in [0.2, 0.25) is 0 Å². The van der Waals surface area contributed by atoms with Crippen molar-refractivity contribution in [1.29, 1.82) is 0 Å². The van der Waals surface area contributed by atoms with Crippen LogP contribution in [-0.4, -0.2) is 74.3 Å². The van der Waals surface area contributed by atoms with Crippen LogP contribution in [0.5, 0.6) is 0 Å². The molecular formula is C81H154N2O7P+. The number of esters is 1. The summed E-state index contributed by atoms with van der Waals surface area (Å²) in [7, 11) is 1.51. The smallest absolute Gasteiger partial charge is 0.456 e. The third-order valence-electron chi connectivity index (χ3n) is 18.0. The molecule has 0 heterocycles. The zero-order chi connectivity index (χ0) is 66.3. The highest BCUT2D eigenvalue weighted by atomic mass is 31.2. The lowest BCUT2D eigenvalue weighted by Crippen LogP contribution is -2.47. The minimum absolute atomic E-state index is 0.0405. The van der Waals surface area contributed by atoms with E-state index in [1.807, 2.05) is 33.3 Å². The molecule has 534 valence electrons. The molecule has 0 radical (unpaired) electrons. The molecule has 10 heteroatoms. The van der Waals surface area contributed by atoms with Crippen molar-refractivity contribution in [2.24, 2.45) is 0 Å². The molecule has 0 bridgehead atoms. The predicted molar refractivity (Wildman–Crippen MR) is 397 cm³/mol. The summed E-state index contributed by atoms with van der Waals surface area (Å²) < 4.78 is 30.9. The summed E-state index contributed by atoms with van der Waals surface area (Å²) in [6.07, 6.45) is 92.6. The van der Waals surface area contributed by atoms with E-state index >= 15 is 0 Å². The van der Waals surface area contributed by atoms with Gasteiger partial charge in [0.05, 0.1) is 33.8 Å². The molecular weight excluding hydrogens is 1140 g/mol. The van der Waals surface area contributed by atoms with Crippen LogP contribution in [0.3, 0.4) is 0 Å². The highest BCUT2D eigenvalue weighted by molar-refractivity contribution is 7.47. The summed E-state index contributed by atoms with van der Waals surface area (Å²) in [6, 6.07) is -0.851. The largest absolute Gasteiger partial charge is 0.472 e. The summed E-state index contributed by atoms with van der Waals surface area (Å²) in [4.78, 5) is 38.0. The number of unbranched alkanes of at least 4 members (excludes halogenated alkanes) is 49. The quantitative estimate of drug-likeness (QED) is 0.0205. The molecule has 0 saturated heterocycles. The number of hydrogen-bond donors (Lipinski definition) is 2. The summed E-state index contributed by atoms with van der Waals surface area (Å²) >= 11 is 0. The molecule has 0 aliphatic carbocycles. The first-order chi connectivity index (χ1) is 44.4. The van der Waals surface area contributed by atoms with E-state index in [-0.39, 0.29) is 25.1 Å². The molecule has 0 fully saturated rings. The second-order valence-electron chi connectivity index (χ2n) is 28.2. The normalized spacial score (nSPS) is 13.7. The van der Waals surface area contributed by atoms with Gasteiger partial charge < -0.3 is 19.4 Å². The molecule has 3 atom stereocenters. The Bertz CT molecular complexity index is 1740. The first-order valence-electron chi connectivity index (χ1n) is 39.6. The third-order valence-corrected chi connectivity index (χ3v) is 18.9. The number of nitrogens with zero attached hydrogens (tertiary/aromatic N) is 1. The van der Waals surface area contributed by atoms with Crippen molar-refractivity contribution in [2.45, 2.75) is 405 Å². The highest BCUT2D eigenvalue weighted by Gasteiger charge is 2.30. The molecule has 0 rings (SSSR count). The number of hydrogen-bond acceptors (Lipinski definition) is 6. The molecule has 0 aliphatic heterocycles. The number of nitrogens with one attached hydrogen (secondary N) is 1. The average molecular weight is 1300 g/mol. The van der Waals surface area contributed by atoms with E-state index < -0.39 is 20.0 Å². The second kappa shape index (κ2) is 70.5. The molecule has 0 spiro atoms. The summed E-state index contributed by atoms with van der Waals surface area (Å²) in [5.41, 5.74) is 0. The number of phosphoric ester groups is 1. The molecule has 0 aromatic rings. The maximum absolute atomic E-state index is 13.6. The monoisotopic (exact) mass is 1300 g/mol. The van der Waals surface area contributed by atoms with Gasteiger partial charge in [-0.3, -0.25) is 18.6 Å². The van der Waals surface area contributed by atoms with E-state index in [0.717, 1.165) is 77.0 Å². The van der Waals surface area contributed by atoms with Crippen molar-refractivity contribution in [3.63, 3.8) is 0 Å². The summed E-state index contributed by atoms with van der Waals surface area (Å²) in [5, 5.41) is 3.08. The minimum Gasteiger partial charge on any atom is -0.456 e. The van der Waals surface area contributed by atoms with Crippen LogP contribution in [-0.2, 0) is 27.9 Å². The van der Waals surface area contributed by atoms with Crippen molar-refractivity contribution in [1.82, 2.24) is 5.32 Å². The zero-order valence-electron chi connectivity index (χ0n) is 61.4. The van der Waals surface area contributed by atoms with Crippen molar-refractivity contribution in [2.75, 3.05) is 40.9 Å². The standard InChI is InChI=1S/C81H153N2O7P/c1-7-10-13-16-19-22-25-27-29-31-33-35-37-39-41-43-45-47-49-51-53-55-58-61-64-67-70-73-80(84)82-78(77-89-91(86,87)88-76-75-83(4,5)6)79(72-69-66-63-60-57-24-21-18-15-12-9-3)90-81(85)74-71-68-65-62-59-56-54-52-50-48-46-44-42-40-38-36-34-32-30-28-26-23-20-17-14-11-8-2/h19,22,27,29,33,35,39,41,69,72,78-79H,7-18,20-21,23-26,28,30-32,34,36-38,40,42-68,70-71,73-77H2,1-6H3,(H-,82,84,86,87)/p+1/b22-19-,29-27-,35-33-,41-39-,72-69+. The van der Waals surface area contributed by atoms with Crippen molar-refractivity contribution in [3.8, 4) is 0 Å². The molecule has 0 aliphatic rings. The van der Waals surface area contributed by atoms with Crippen LogP contribution >= 0.6 is 7.82 Å². The van der Waals surface area contributed by atoms with Crippen LogP contribution in [0.15, 0.2) is 60.8 Å². The Morgan fingerprint density at radius 1 is 0.385 bits per heavy atom. The number of phosphoric acid groups is 1. The molecule has 2 N–H and O–H groups in total. The van der Waals surface area contributed by atoms with Gasteiger partial charge >= 0.3 is 13.8 Å².